The third-order valence-corrected chi connectivity index (χ3v) is 3.03. The largest absolute Gasteiger partial charge is 0.330 e. The molecule has 0 amide bonds. The van der Waals surface area contributed by atoms with Gasteiger partial charge in [-0.2, -0.15) is 0 Å². The summed E-state index contributed by atoms with van der Waals surface area (Å²) in [5.41, 5.74) is 6.77. The zero-order chi connectivity index (χ0) is 14.5. The van der Waals surface area contributed by atoms with E-state index in [-0.39, 0.29) is 12.2 Å². The van der Waals surface area contributed by atoms with Crippen LogP contribution >= 0.6 is 11.6 Å². The van der Waals surface area contributed by atoms with Gasteiger partial charge < -0.3 is 5.73 Å². The lowest BCUT2D eigenvalue weighted by molar-refractivity contribution is -0.385. The summed E-state index contributed by atoms with van der Waals surface area (Å²) in [6.45, 7) is 0.846. The lowest BCUT2D eigenvalue weighted by Gasteiger charge is -2.03. The molecule has 2 aromatic rings. The highest BCUT2D eigenvalue weighted by atomic mass is 35.5. The number of nitro benzene ring substituents is 1. The van der Waals surface area contributed by atoms with Crippen molar-refractivity contribution in [2.75, 3.05) is 6.54 Å². The Morgan fingerprint density at radius 1 is 1.45 bits per heavy atom. The van der Waals surface area contributed by atoms with Crippen LogP contribution in [0.1, 0.15) is 17.7 Å². The van der Waals surface area contributed by atoms with Crippen LogP contribution in [0, 0.1) is 10.1 Å². The van der Waals surface area contributed by atoms with Crippen LogP contribution in [0.5, 0.6) is 0 Å². The van der Waals surface area contributed by atoms with Crippen LogP contribution < -0.4 is 5.73 Å². The lowest BCUT2D eigenvalue weighted by atomic mass is 10.2. The highest BCUT2D eigenvalue weighted by molar-refractivity contribution is 6.30. The average molecular weight is 296 g/mol. The molecule has 0 unspecified atom stereocenters. The number of nitrogens with two attached hydrogens (primary N) is 1. The molecule has 0 atom stereocenters. The van der Waals surface area contributed by atoms with E-state index in [1.165, 1.54) is 12.1 Å². The van der Waals surface area contributed by atoms with Crippen molar-refractivity contribution < 1.29 is 4.92 Å². The molecule has 20 heavy (non-hydrogen) atoms. The summed E-state index contributed by atoms with van der Waals surface area (Å²) in [6.07, 6.45) is 3.34. The fourth-order valence-electron chi connectivity index (χ4n) is 1.85. The molecule has 7 nitrogen and oxygen atoms in total. The topological polar surface area (TPSA) is 99.9 Å². The molecule has 1 heterocycles. The van der Waals surface area contributed by atoms with E-state index in [1.807, 2.05) is 0 Å². The maximum absolute atomic E-state index is 11.0. The van der Waals surface area contributed by atoms with Gasteiger partial charge in [0.05, 0.1) is 22.7 Å². The van der Waals surface area contributed by atoms with Gasteiger partial charge in [0.2, 0.25) is 0 Å². The molecule has 0 fully saturated rings. The molecule has 2 rings (SSSR count). The Morgan fingerprint density at radius 2 is 2.25 bits per heavy atom. The van der Waals surface area contributed by atoms with Crippen molar-refractivity contribution in [3.8, 4) is 0 Å². The Kier molecular flexibility index (Phi) is 4.65. The van der Waals surface area contributed by atoms with Gasteiger partial charge in [0, 0.05) is 17.3 Å². The zero-order valence-electron chi connectivity index (χ0n) is 10.7. The summed E-state index contributed by atoms with van der Waals surface area (Å²) in [7, 11) is 0. The minimum atomic E-state index is -0.433. The first-order valence-electron chi connectivity index (χ1n) is 6.12. The van der Waals surface area contributed by atoms with Crippen molar-refractivity contribution >= 4 is 17.3 Å². The van der Waals surface area contributed by atoms with E-state index in [2.05, 4.69) is 10.3 Å². The van der Waals surface area contributed by atoms with E-state index in [0.29, 0.717) is 17.1 Å². The average Bonchev–Trinajstić information content (AvgIpc) is 2.83. The van der Waals surface area contributed by atoms with Crippen LogP contribution in [-0.2, 0) is 13.0 Å². The van der Waals surface area contributed by atoms with Gasteiger partial charge in [-0.1, -0.05) is 16.8 Å². The van der Waals surface area contributed by atoms with E-state index in [0.717, 1.165) is 18.5 Å². The Morgan fingerprint density at radius 3 is 2.95 bits per heavy atom. The fourth-order valence-corrected chi connectivity index (χ4v) is 2.04. The van der Waals surface area contributed by atoms with E-state index in [1.54, 1.807) is 16.9 Å². The fraction of sp³-hybridized carbons (Fsp3) is 0.333. The third-order valence-electron chi connectivity index (χ3n) is 2.79. The van der Waals surface area contributed by atoms with Crippen LogP contribution in [0.15, 0.2) is 24.4 Å². The SMILES string of the molecule is NCCCc1cn(Cc2cc(Cl)ccc2[N+](=O)[O-])nn1. The number of aromatic nitrogens is 3. The van der Waals surface area contributed by atoms with Gasteiger partial charge in [0.1, 0.15) is 0 Å². The highest BCUT2D eigenvalue weighted by Gasteiger charge is 2.15. The maximum Gasteiger partial charge on any atom is 0.274 e. The molecule has 1 aromatic heterocycles. The van der Waals surface area contributed by atoms with Crippen molar-refractivity contribution in [3.63, 3.8) is 0 Å². The number of aryl methyl sites for hydroxylation is 1. The molecule has 0 saturated carbocycles. The first-order chi connectivity index (χ1) is 9.60. The zero-order valence-corrected chi connectivity index (χ0v) is 11.5. The van der Waals surface area contributed by atoms with Gasteiger partial charge in [0.15, 0.2) is 0 Å². The van der Waals surface area contributed by atoms with Gasteiger partial charge in [0.25, 0.3) is 5.69 Å². The number of hydrogen-bond acceptors (Lipinski definition) is 5. The molecule has 106 valence electrons. The van der Waals surface area contributed by atoms with E-state index >= 15 is 0 Å². The van der Waals surface area contributed by atoms with Crippen LogP contribution in [0.25, 0.3) is 0 Å². The predicted molar refractivity (Wildman–Crippen MR) is 74.6 cm³/mol. The van der Waals surface area contributed by atoms with Crippen LogP contribution in [0.4, 0.5) is 5.69 Å². The normalized spacial score (nSPS) is 10.7. The predicted octanol–water partition coefficient (Wildman–Crippen LogP) is 1.78. The number of rotatable bonds is 6. The van der Waals surface area contributed by atoms with Gasteiger partial charge in [-0.25, -0.2) is 4.68 Å². The Labute approximate surface area is 120 Å². The number of nitro groups is 1. The molecular weight excluding hydrogens is 282 g/mol. The summed E-state index contributed by atoms with van der Waals surface area (Å²) < 4.78 is 1.56. The minimum Gasteiger partial charge on any atom is -0.330 e. The van der Waals surface area contributed by atoms with Crippen molar-refractivity contribution in [2.24, 2.45) is 5.73 Å². The van der Waals surface area contributed by atoms with Gasteiger partial charge in [-0.05, 0) is 31.5 Å². The van der Waals surface area contributed by atoms with Gasteiger partial charge in [-0.3, -0.25) is 10.1 Å². The molecule has 0 saturated heterocycles. The van der Waals surface area contributed by atoms with Crippen LogP contribution in [0.3, 0.4) is 0 Å². The lowest BCUT2D eigenvalue weighted by Crippen LogP contribution is -2.04. The molecule has 2 N–H and O–H groups in total. The Hall–Kier alpha value is -1.99. The molecule has 0 aliphatic carbocycles. The van der Waals surface area contributed by atoms with Crippen LogP contribution in [0.2, 0.25) is 5.02 Å². The monoisotopic (exact) mass is 295 g/mol. The van der Waals surface area contributed by atoms with Crippen molar-refractivity contribution in [2.45, 2.75) is 19.4 Å². The van der Waals surface area contributed by atoms with E-state index < -0.39 is 4.92 Å². The number of hydrogen-bond donors (Lipinski definition) is 1. The first kappa shape index (κ1) is 14.4. The molecule has 1 aromatic carbocycles. The molecule has 0 spiro atoms. The molecule has 8 heteroatoms. The van der Waals surface area contributed by atoms with Gasteiger partial charge in [-0.15, -0.1) is 5.10 Å². The van der Waals surface area contributed by atoms with Gasteiger partial charge >= 0.3 is 0 Å². The minimum absolute atomic E-state index is 0.0217. The summed E-state index contributed by atoms with van der Waals surface area (Å²) in [4.78, 5) is 10.5. The summed E-state index contributed by atoms with van der Waals surface area (Å²) in [5.74, 6) is 0. The number of benzene rings is 1. The molecule has 0 radical (unpaired) electrons. The number of nitrogens with zero attached hydrogens (tertiary/aromatic N) is 4. The van der Waals surface area contributed by atoms with Crippen molar-refractivity contribution in [1.82, 2.24) is 15.0 Å². The Balaban J connectivity index is 2.19. The highest BCUT2D eigenvalue weighted by Crippen LogP contribution is 2.23. The second-order valence-electron chi connectivity index (χ2n) is 4.33. The van der Waals surface area contributed by atoms with E-state index in [9.17, 15) is 10.1 Å². The first-order valence-corrected chi connectivity index (χ1v) is 6.50. The van der Waals surface area contributed by atoms with Crippen molar-refractivity contribution in [3.05, 3.63) is 50.8 Å². The second-order valence-corrected chi connectivity index (χ2v) is 4.77. The Bertz CT molecular complexity index is 614. The van der Waals surface area contributed by atoms with E-state index in [4.69, 9.17) is 17.3 Å². The van der Waals surface area contributed by atoms with Crippen molar-refractivity contribution in [1.29, 1.82) is 0 Å². The molecular formula is C12H14ClN5O2. The summed E-state index contributed by atoms with van der Waals surface area (Å²) in [6, 6.07) is 4.46. The van der Waals surface area contributed by atoms with Crippen LogP contribution in [-0.4, -0.2) is 26.5 Å². The molecule has 0 aliphatic heterocycles. The maximum atomic E-state index is 11.0. The third kappa shape index (κ3) is 3.52. The summed E-state index contributed by atoms with van der Waals surface area (Å²) in [5, 5.41) is 19.4. The molecule has 0 aliphatic rings. The quantitative estimate of drug-likeness (QED) is 0.647. The second kappa shape index (κ2) is 6.44. The number of halogens is 1. The molecule has 0 bridgehead atoms. The standard InChI is InChI=1S/C12H14ClN5O2/c13-10-3-4-12(18(19)20)9(6-10)7-17-8-11(15-16-17)2-1-5-14/h3-4,6,8H,1-2,5,7,14H2. The summed E-state index contributed by atoms with van der Waals surface area (Å²) >= 11 is 5.88. The smallest absolute Gasteiger partial charge is 0.274 e.